The maximum absolute atomic E-state index is 5.40. The van der Waals surface area contributed by atoms with Crippen LogP contribution in [-0.4, -0.2) is 5.75 Å². The van der Waals surface area contributed by atoms with Gasteiger partial charge in [-0.1, -0.05) is 32.0 Å². The molecule has 1 aromatic carbocycles. The fourth-order valence-corrected chi connectivity index (χ4v) is 3.72. The van der Waals surface area contributed by atoms with E-state index in [-0.39, 0.29) is 0 Å². The Morgan fingerprint density at radius 1 is 1.47 bits per heavy atom. The molecular formula is C14H16S. The number of hydrogen-bond donors (Lipinski definition) is 0. The van der Waals surface area contributed by atoms with Crippen molar-refractivity contribution in [2.75, 3.05) is 5.75 Å². The summed E-state index contributed by atoms with van der Waals surface area (Å²) < 4.78 is 0. The number of hydrogen-bond acceptors (Lipinski definition) is 1. The molecular weight excluding hydrogens is 200 g/mol. The minimum atomic E-state index is 0.311. The summed E-state index contributed by atoms with van der Waals surface area (Å²) in [4.78, 5) is 1.44. The van der Waals surface area contributed by atoms with E-state index < -0.39 is 0 Å². The van der Waals surface area contributed by atoms with E-state index in [1.807, 2.05) is 11.8 Å². The van der Waals surface area contributed by atoms with Crippen molar-refractivity contribution >= 4 is 11.8 Å². The summed E-state index contributed by atoms with van der Waals surface area (Å²) in [7, 11) is 0. The lowest BCUT2D eigenvalue weighted by molar-refractivity contribution is 0.493. The molecule has 15 heavy (non-hydrogen) atoms. The average molecular weight is 216 g/mol. The third kappa shape index (κ3) is 1.92. The molecule has 0 atom stereocenters. The summed E-state index contributed by atoms with van der Waals surface area (Å²) in [6.45, 7) is 4.65. The fourth-order valence-electron chi connectivity index (χ4n) is 2.08. The zero-order valence-corrected chi connectivity index (χ0v) is 10.2. The summed E-state index contributed by atoms with van der Waals surface area (Å²) in [5.41, 5.74) is 3.12. The maximum atomic E-state index is 5.40. The average Bonchev–Trinajstić information content (AvgIpc) is 2.19. The molecule has 1 heteroatoms. The molecule has 0 nitrogen and oxygen atoms in total. The maximum Gasteiger partial charge on any atom is 0.0348 e. The molecule has 0 fully saturated rings. The first-order chi connectivity index (χ1) is 7.15. The summed E-state index contributed by atoms with van der Waals surface area (Å²) in [6.07, 6.45) is 7.41. The number of benzene rings is 1. The van der Waals surface area contributed by atoms with Crippen LogP contribution >= 0.6 is 11.8 Å². The van der Waals surface area contributed by atoms with Crippen molar-refractivity contribution in [3.8, 4) is 12.3 Å². The van der Waals surface area contributed by atoms with Gasteiger partial charge in [-0.2, -0.15) is 0 Å². The summed E-state index contributed by atoms with van der Waals surface area (Å²) in [6, 6.07) is 6.55. The second kappa shape index (κ2) is 3.94. The van der Waals surface area contributed by atoms with Crippen LogP contribution in [0, 0.1) is 12.3 Å². The van der Waals surface area contributed by atoms with Gasteiger partial charge in [0, 0.05) is 11.3 Å². The Labute approximate surface area is 96.5 Å². The second-order valence-electron chi connectivity index (χ2n) is 4.66. The molecule has 0 unspecified atom stereocenters. The van der Waals surface area contributed by atoms with Gasteiger partial charge < -0.3 is 0 Å². The van der Waals surface area contributed by atoms with Gasteiger partial charge in [0.2, 0.25) is 0 Å². The van der Waals surface area contributed by atoms with Gasteiger partial charge in [0.25, 0.3) is 0 Å². The minimum absolute atomic E-state index is 0.311. The van der Waals surface area contributed by atoms with Gasteiger partial charge in [0.1, 0.15) is 0 Å². The highest BCUT2D eigenvalue weighted by molar-refractivity contribution is 7.99. The van der Waals surface area contributed by atoms with Gasteiger partial charge in [-0.3, -0.25) is 0 Å². The number of fused-ring (bicyclic) bond motifs is 1. The Morgan fingerprint density at radius 2 is 2.27 bits per heavy atom. The highest BCUT2D eigenvalue weighted by Crippen LogP contribution is 2.42. The van der Waals surface area contributed by atoms with E-state index >= 15 is 0 Å². The summed E-state index contributed by atoms with van der Waals surface area (Å²) in [5, 5.41) is 0. The van der Waals surface area contributed by atoms with Crippen LogP contribution in [-0.2, 0) is 11.8 Å². The van der Waals surface area contributed by atoms with Gasteiger partial charge in [-0.05, 0) is 28.7 Å². The second-order valence-corrected chi connectivity index (χ2v) is 5.76. The smallest absolute Gasteiger partial charge is 0.0348 e. The van der Waals surface area contributed by atoms with Crippen LogP contribution in [0.5, 0.6) is 0 Å². The van der Waals surface area contributed by atoms with E-state index in [1.165, 1.54) is 28.2 Å². The standard InChI is InChI=1S/C14H16S/c1-4-6-11-7-5-8-12-13(11)15-10-9-14(12,2)3/h1,5,7-8H,6,9-10H2,2-3H3. The molecule has 1 aromatic rings. The van der Waals surface area contributed by atoms with E-state index in [0.29, 0.717) is 5.41 Å². The fraction of sp³-hybridized carbons (Fsp3) is 0.429. The Morgan fingerprint density at radius 3 is 3.00 bits per heavy atom. The van der Waals surface area contributed by atoms with E-state index in [9.17, 15) is 0 Å². The van der Waals surface area contributed by atoms with Crippen molar-refractivity contribution in [3.63, 3.8) is 0 Å². The lowest BCUT2D eigenvalue weighted by Gasteiger charge is -2.33. The first-order valence-electron chi connectivity index (χ1n) is 5.34. The molecule has 1 aliphatic heterocycles. The van der Waals surface area contributed by atoms with Crippen LogP contribution in [0.1, 0.15) is 31.4 Å². The molecule has 0 amide bonds. The number of terminal acetylenes is 1. The molecule has 0 bridgehead atoms. The molecule has 1 heterocycles. The SMILES string of the molecule is C#CCc1cccc2c1SCCC2(C)C. The molecule has 0 saturated carbocycles. The van der Waals surface area contributed by atoms with E-state index in [4.69, 9.17) is 6.42 Å². The minimum Gasteiger partial charge on any atom is -0.125 e. The predicted molar refractivity (Wildman–Crippen MR) is 67.3 cm³/mol. The van der Waals surface area contributed by atoms with Crippen LogP contribution in [0.3, 0.4) is 0 Å². The molecule has 1 aliphatic rings. The van der Waals surface area contributed by atoms with Crippen LogP contribution in [0.4, 0.5) is 0 Å². The molecule has 0 radical (unpaired) electrons. The van der Waals surface area contributed by atoms with Gasteiger partial charge in [0.05, 0.1) is 0 Å². The molecule has 0 saturated heterocycles. The Kier molecular flexibility index (Phi) is 2.80. The third-order valence-electron chi connectivity index (χ3n) is 3.09. The van der Waals surface area contributed by atoms with E-state index in [2.05, 4.69) is 38.0 Å². The predicted octanol–water partition coefficient (Wildman–Crippen LogP) is 3.64. The van der Waals surface area contributed by atoms with Crippen molar-refractivity contribution in [1.82, 2.24) is 0 Å². The zero-order valence-electron chi connectivity index (χ0n) is 9.34. The van der Waals surface area contributed by atoms with Crippen molar-refractivity contribution < 1.29 is 0 Å². The molecule has 2 rings (SSSR count). The first kappa shape index (κ1) is 10.6. The lowest BCUT2D eigenvalue weighted by Crippen LogP contribution is -2.23. The van der Waals surface area contributed by atoms with Crippen LogP contribution in [0.15, 0.2) is 23.1 Å². The molecule has 0 aromatic heterocycles. The molecule has 78 valence electrons. The topological polar surface area (TPSA) is 0 Å². The Balaban J connectivity index is 2.52. The number of rotatable bonds is 1. The van der Waals surface area contributed by atoms with E-state index in [0.717, 1.165) is 6.42 Å². The normalized spacial score (nSPS) is 17.9. The molecule has 0 N–H and O–H groups in total. The van der Waals surface area contributed by atoms with E-state index in [1.54, 1.807) is 0 Å². The third-order valence-corrected chi connectivity index (χ3v) is 4.27. The highest BCUT2D eigenvalue weighted by atomic mass is 32.2. The molecule has 0 aliphatic carbocycles. The molecule has 0 spiro atoms. The zero-order chi connectivity index (χ0) is 10.9. The van der Waals surface area contributed by atoms with Gasteiger partial charge in [0.15, 0.2) is 0 Å². The summed E-state index contributed by atoms with van der Waals surface area (Å²) >= 11 is 1.96. The van der Waals surface area contributed by atoms with Gasteiger partial charge in [-0.15, -0.1) is 24.1 Å². The van der Waals surface area contributed by atoms with Crippen LogP contribution in [0.25, 0.3) is 0 Å². The summed E-state index contributed by atoms with van der Waals surface area (Å²) in [5.74, 6) is 3.96. The Bertz CT molecular complexity index is 410. The highest BCUT2D eigenvalue weighted by Gasteiger charge is 2.28. The van der Waals surface area contributed by atoms with Crippen LogP contribution < -0.4 is 0 Å². The van der Waals surface area contributed by atoms with Crippen molar-refractivity contribution in [3.05, 3.63) is 29.3 Å². The van der Waals surface area contributed by atoms with Crippen molar-refractivity contribution in [2.24, 2.45) is 0 Å². The quantitative estimate of drug-likeness (QED) is 0.646. The lowest BCUT2D eigenvalue weighted by atomic mass is 9.81. The van der Waals surface area contributed by atoms with Gasteiger partial charge in [-0.25, -0.2) is 0 Å². The van der Waals surface area contributed by atoms with Crippen molar-refractivity contribution in [1.29, 1.82) is 0 Å². The van der Waals surface area contributed by atoms with Crippen molar-refractivity contribution in [2.45, 2.75) is 37.0 Å². The largest absolute Gasteiger partial charge is 0.125 e. The first-order valence-corrected chi connectivity index (χ1v) is 6.32. The van der Waals surface area contributed by atoms with Crippen LogP contribution in [0.2, 0.25) is 0 Å². The monoisotopic (exact) mass is 216 g/mol. The van der Waals surface area contributed by atoms with Gasteiger partial charge >= 0.3 is 0 Å². The number of thioether (sulfide) groups is 1. The Hall–Kier alpha value is -0.870.